The first kappa shape index (κ1) is 16.4. The van der Waals surface area contributed by atoms with Gasteiger partial charge in [0.25, 0.3) is 0 Å². The van der Waals surface area contributed by atoms with Gasteiger partial charge >= 0.3 is 6.18 Å². The van der Waals surface area contributed by atoms with Gasteiger partial charge in [0.2, 0.25) is 5.91 Å². The molecule has 1 heterocycles. The molecular weight excluding hydrogens is 307 g/mol. The molecule has 0 aliphatic carbocycles. The van der Waals surface area contributed by atoms with Crippen LogP contribution in [0.3, 0.4) is 0 Å². The number of halogens is 3. The van der Waals surface area contributed by atoms with E-state index in [0.29, 0.717) is 5.76 Å². The van der Waals surface area contributed by atoms with Crippen molar-refractivity contribution in [3.63, 3.8) is 0 Å². The predicted molar refractivity (Wildman–Crippen MR) is 79.1 cm³/mol. The van der Waals surface area contributed by atoms with E-state index in [-0.39, 0.29) is 18.0 Å². The number of amides is 1. The monoisotopic (exact) mass is 319 g/mol. The summed E-state index contributed by atoms with van der Waals surface area (Å²) in [4.78, 5) is 11.5. The van der Waals surface area contributed by atoms with E-state index in [1.165, 1.54) is 30.5 Å². The number of rotatable bonds is 3. The molecule has 2 rings (SSSR count). The fourth-order valence-electron chi connectivity index (χ4n) is 1.65. The van der Waals surface area contributed by atoms with E-state index in [9.17, 15) is 18.0 Å². The Labute approximate surface area is 130 Å². The standard InChI is InChI=1S/C17H12F3NO2/c18-17(19,20)14-6-1-4-13(12-14)5-2-10-21-16(22)9-8-15-7-3-11-23-15/h1,3-4,6-9,11-12H,10H2,(H,21,22)/b9-8+. The number of alkyl halides is 3. The highest BCUT2D eigenvalue weighted by atomic mass is 19.4. The molecule has 118 valence electrons. The topological polar surface area (TPSA) is 42.2 Å². The molecule has 0 unspecified atom stereocenters. The normalized spacial score (nSPS) is 11.1. The van der Waals surface area contributed by atoms with E-state index in [1.807, 2.05) is 0 Å². The summed E-state index contributed by atoms with van der Waals surface area (Å²) in [7, 11) is 0. The molecule has 0 bridgehead atoms. The van der Waals surface area contributed by atoms with Gasteiger partial charge < -0.3 is 9.73 Å². The van der Waals surface area contributed by atoms with Crippen LogP contribution >= 0.6 is 0 Å². The number of carbonyl (C=O) groups excluding carboxylic acids is 1. The van der Waals surface area contributed by atoms with Crippen LogP contribution in [-0.2, 0) is 11.0 Å². The molecule has 1 aromatic heterocycles. The molecule has 23 heavy (non-hydrogen) atoms. The average Bonchev–Trinajstić information content (AvgIpc) is 3.02. The summed E-state index contributed by atoms with van der Waals surface area (Å²) in [5.74, 6) is 5.33. The van der Waals surface area contributed by atoms with Crippen molar-refractivity contribution < 1.29 is 22.4 Å². The van der Waals surface area contributed by atoms with E-state index in [1.54, 1.807) is 12.1 Å². The van der Waals surface area contributed by atoms with E-state index >= 15 is 0 Å². The first-order valence-electron chi connectivity index (χ1n) is 6.61. The Kier molecular flexibility index (Phi) is 5.26. The average molecular weight is 319 g/mol. The highest BCUT2D eigenvalue weighted by Crippen LogP contribution is 2.29. The van der Waals surface area contributed by atoms with Crippen LogP contribution in [0, 0.1) is 11.8 Å². The minimum absolute atomic E-state index is 0.0254. The second-order valence-corrected chi connectivity index (χ2v) is 4.45. The lowest BCUT2D eigenvalue weighted by Crippen LogP contribution is -2.20. The zero-order chi connectivity index (χ0) is 16.7. The Morgan fingerprint density at radius 3 is 2.78 bits per heavy atom. The molecule has 1 aromatic carbocycles. The minimum Gasteiger partial charge on any atom is -0.465 e. The van der Waals surface area contributed by atoms with Crippen LogP contribution in [0.4, 0.5) is 13.2 Å². The Bertz CT molecular complexity index is 750. The van der Waals surface area contributed by atoms with Gasteiger partial charge in [-0.15, -0.1) is 0 Å². The molecule has 0 atom stereocenters. The Balaban J connectivity index is 1.87. The summed E-state index contributed by atoms with van der Waals surface area (Å²) in [5.41, 5.74) is -0.519. The molecule has 3 nitrogen and oxygen atoms in total. The van der Waals surface area contributed by atoms with Crippen LogP contribution < -0.4 is 5.32 Å². The van der Waals surface area contributed by atoms with Crippen LogP contribution in [0.15, 0.2) is 53.2 Å². The van der Waals surface area contributed by atoms with Gasteiger partial charge in [-0.25, -0.2) is 0 Å². The molecule has 1 N–H and O–H groups in total. The van der Waals surface area contributed by atoms with Crippen LogP contribution in [0.1, 0.15) is 16.9 Å². The van der Waals surface area contributed by atoms with Crippen molar-refractivity contribution in [3.8, 4) is 11.8 Å². The molecule has 0 saturated carbocycles. The maximum atomic E-state index is 12.5. The first-order chi connectivity index (χ1) is 10.9. The van der Waals surface area contributed by atoms with Gasteiger partial charge in [-0.05, 0) is 36.4 Å². The molecule has 6 heteroatoms. The predicted octanol–water partition coefficient (Wildman–Crippen LogP) is 3.48. The van der Waals surface area contributed by atoms with Crippen molar-refractivity contribution in [3.05, 3.63) is 65.6 Å². The Hall–Kier alpha value is -2.94. The molecule has 0 saturated heterocycles. The third-order valence-corrected chi connectivity index (χ3v) is 2.72. The zero-order valence-electron chi connectivity index (χ0n) is 11.9. The van der Waals surface area contributed by atoms with Crippen molar-refractivity contribution in [2.24, 2.45) is 0 Å². The third-order valence-electron chi connectivity index (χ3n) is 2.72. The number of hydrogen-bond donors (Lipinski definition) is 1. The molecule has 0 aliphatic rings. The van der Waals surface area contributed by atoms with Gasteiger partial charge in [0.1, 0.15) is 5.76 Å². The summed E-state index contributed by atoms with van der Waals surface area (Å²) in [6.07, 6.45) is -0.138. The quantitative estimate of drug-likeness (QED) is 0.695. The molecule has 0 aliphatic heterocycles. The Morgan fingerprint density at radius 1 is 1.26 bits per heavy atom. The summed E-state index contributed by atoms with van der Waals surface area (Å²) < 4.78 is 42.6. The van der Waals surface area contributed by atoms with Crippen molar-refractivity contribution >= 4 is 12.0 Å². The van der Waals surface area contributed by atoms with Crippen LogP contribution in [0.2, 0.25) is 0 Å². The second kappa shape index (κ2) is 7.36. The SMILES string of the molecule is O=C(/C=C/c1ccco1)NCC#Cc1cccc(C(F)(F)F)c1. The number of nitrogens with one attached hydrogen (secondary N) is 1. The van der Waals surface area contributed by atoms with E-state index < -0.39 is 11.7 Å². The highest BCUT2D eigenvalue weighted by Gasteiger charge is 2.30. The maximum Gasteiger partial charge on any atom is 0.416 e. The van der Waals surface area contributed by atoms with E-state index in [2.05, 4.69) is 17.2 Å². The summed E-state index contributed by atoms with van der Waals surface area (Å²) in [5, 5.41) is 2.50. The van der Waals surface area contributed by atoms with Gasteiger partial charge in [-0.1, -0.05) is 17.9 Å². The molecule has 0 radical (unpaired) electrons. The maximum absolute atomic E-state index is 12.5. The molecule has 0 fully saturated rings. The highest BCUT2D eigenvalue weighted by molar-refractivity contribution is 5.91. The van der Waals surface area contributed by atoms with Crippen LogP contribution in [0.25, 0.3) is 6.08 Å². The summed E-state index contributed by atoms with van der Waals surface area (Å²) >= 11 is 0. The van der Waals surface area contributed by atoms with Crippen molar-refractivity contribution in [2.75, 3.05) is 6.54 Å². The lowest BCUT2D eigenvalue weighted by Gasteiger charge is -2.05. The molecule has 1 amide bonds. The number of hydrogen-bond acceptors (Lipinski definition) is 2. The molecular formula is C17H12F3NO2. The number of carbonyl (C=O) groups is 1. The minimum atomic E-state index is -4.40. The second-order valence-electron chi connectivity index (χ2n) is 4.45. The van der Waals surface area contributed by atoms with Crippen LogP contribution in [-0.4, -0.2) is 12.5 Å². The van der Waals surface area contributed by atoms with Crippen molar-refractivity contribution in [1.82, 2.24) is 5.32 Å². The van der Waals surface area contributed by atoms with Crippen molar-refractivity contribution in [2.45, 2.75) is 6.18 Å². The lowest BCUT2D eigenvalue weighted by molar-refractivity contribution is -0.137. The van der Waals surface area contributed by atoms with E-state index in [4.69, 9.17) is 4.42 Å². The fourth-order valence-corrected chi connectivity index (χ4v) is 1.65. The van der Waals surface area contributed by atoms with E-state index in [0.717, 1.165) is 12.1 Å². The van der Waals surface area contributed by atoms with Gasteiger partial charge in [0.05, 0.1) is 18.4 Å². The van der Waals surface area contributed by atoms with Gasteiger partial charge in [0.15, 0.2) is 0 Å². The largest absolute Gasteiger partial charge is 0.465 e. The Morgan fingerprint density at radius 2 is 2.09 bits per heavy atom. The smallest absolute Gasteiger partial charge is 0.416 e. The number of benzene rings is 1. The lowest BCUT2D eigenvalue weighted by atomic mass is 10.1. The van der Waals surface area contributed by atoms with Gasteiger partial charge in [-0.3, -0.25) is 4.79 Å². The fraction of sp³-hybridized carbons (Fsp3) is 0.118. The third kappa shape index (κ3) is 5.40. The summed E-state index contributed by atoms with van der Waals surface area (Å²) in [6, 6.07) is 8.09. The van der Waals surface area contributed by atoms with Gasteiger partial charge in [0, 0.05) is 11.6 Å². The molecule has 2 aromatic rings. The first-order valence-corrected chi connectivity index (χ1v) is 6.61. The zero-order valence-corrected chi connectivity index (χ0v) is 11.9. The molecule has 0 spiro atoms. The summed E-state index contributed by atoms with van der Waals surface area (Å²) in [6.45, 7) is 0.0254. The number of furan rings is 1. The van der Waals surface area contributed by atoms with Crippen molar-refractivity contribution in [1.29, 1.82) is 0 Å². The van der Waals surface area contributed by atoms with Crippen LogP contribution in [0.5, 0.6) is 0 Å². The van der Waals surface area contributed by atoms with Gasteiger partial charge in [-0.2, -0.15) is 13.2 Å².